The zero-order valence-electron chi connectivity index (χ0n) is 13.7. The predicted molar refractivity (Wildman–Crippen MR) is 90.2 cm³/mol. The van der Waals surface area contributed by atoms with E-state index in [1.807, 2.05) is 0 Å². The minimum atomic E-state index is -1.42. The van der Waals surface area contributed by atoms with Gasteiger partial charge in [0.25, 0.3) is 0 Å². The van der Waals surface area contributed by atoms with Crippen LogP contribution in [0.25, 0.3) is 10.9 Å². The van der Waals surface area contributed by atoms with E-state index in [1.165, 1.54) is 30.5 Å². The molecular formula is C19H18FN3O2. The van der Waals surface area contributed by atoms with Crippen LogP contribution in [0.3, 0.4) is 0 Å². The Morgan fingerprint density at radius 3 is 2.72 bits per heavy atom. The number of amides is 1. The molecule has 1 fully saturated rings. The van der Waals surface area contributed by atoms with Gasteiger partial charge in [0.2, 0.25) is 5.91 Å². The Hall–Kier alpha value is -2.81. The number of hydrogen-bond donors (Lipinski definition) is 1. The van der Waals surface area contributed by atoms with Gasteiger partial charge >= 0.3 is 0 Å². The molecule has 3 rings (SSSR count). The summed E-state index contributed by atoms with van der Waals surface area (Å²) in [6, 6.07) is 7.33. The van der Waals surface area contributed by atoms with Crippen LogP contribution < -0.4 is 5.32 Å². The first kappa shape index (κ1) is 17.0. The largest absolute Gasteiger partial charge is 0.352 e. The van der Waals surface area contributed by atoms with Gasteiger partial charge in [-0.15, -0.1) is 0 Å². The fraction of sp³-hybridized carbons (Fsp3) is 0.368. The lowest BCUT2D eigenvalue weighted by Gasteiger charge is -2.23. The number of fused-ring (bicyclic) bond motifs is 1. The van der Waals surface area contributed by atoms with Crippen molar-refractivity contribution in [1.29, 1.82) is 5.26 Å². The molecule has 5 nitrogen and oxygen atoms in total. The Bertz CT molecular complexity index is 853. The average molecular weight is 339 g/mol. The van der Waals surface area contributed by atoms with E-state index in [-0.39, 0.29) is 11.6 Å². The highest BCUT2D eigenvalue weighted by Crippen LogP contribution is 2.20. The SMILES string of the molecule is N#C[C@H](C(=O)NC1CCCCC1)C(=O)c1cnc2ccc(F)cc2c1. The number of halogens is 1. The van der Waals surface area contributed by atoms with Crippen LogP contribution >= 0.6 is 0 Å². The van der Waals surface area contributed by atoms with Crippen molar-refractivity contribution in [2.24, 2.45) is 5.92 Å². The molecule has 0 aliphatic heterocycles. The van der Waals surface area contributed by atoms with Crippen molar-refractivity contribution in [2.75, 3.05) is 0 Å². The van der Waals surface area contributed by atoms with E-state index in [4.69, 9.17) is 0 Å². The summed E-state index contributed by atoms with van der Waals surface area (Å²) < 4.78 is 13.4. The van der Waals surface area contributed by atoms with Crippen LogP contribution in [-0.4, -0.2) is 22.7 Å². The van der Waals surface area contributed by atoms with Crippen LogP contribution in [-0.2, 0) is 4.79 Å². The molecule has 1 amide bonds. The third kappa shape index (κ3) is 3.82. The Kier molecular flexibility index (Phi) is 5.03. The summed E-state index contributed by atoms with van der Waals surface area (Å²) in [6.45, 7) is 0. The topological polar surface area (TPSA) is 82.9 Å². The second kappa shape index (κ2) is 7.39. The number of aromatic nitrogens is 1. The smallest absolute Gasteiger partial charge is 0.245 e. The van der Waals surface area contributed by atoms with Gasteiger partial charge in [0.15, 0.2) is 11.7 Å². The number of rotatable bonds is 4. The number of Topliss-reactive ketones (excluding diaryl/α,β-unsaturated/α-hetero) is 1. The Morgan fingerprint density at radius 1 is 1.24 bits per heavy atom. The van der Waals surface area contributed by atoms with E-state index >= 15 is 0 Å². The Balaban J connectivity index is 1.79. The zero-order valence-corrected chi connectivity index (χ0v) is 13.7. The molecule has 1 aromatic heterocycles. The molecule has 0 saturated heterocycles. The molecule has 2 aromatic rings. The maximum Gasteiger partial charge on any atom is 0.245 e. The molecule has 1 aliphatic rings. The van der Waals surface area contributed by atoms with Crippen LogP contribution in [0.15, 0.2) is 30.5 Å². The van der Waals surface area contributed by atoms with Gasteiger partial charge in [0.1, 0.15) is 5.82 Å². The molecule has 1 saturated carbocycles. The fourth-order valence-corrected chi connectivity index (χ4v) is 3.17. The molecule has 1 atom stereocenters. The van der Waals surface area contributed by atoms with Crippen molar-refractivity contribution in [1.82, 2.24) is 10.3 Å². The van der Waals surface area contributed by atoms with Gasteiger partial charge in [-0.05, 0) is 37.1 Å². The van der Waals surface area contributed by atoms with Gasteiger partial charge in [-0.2, -0.15) is 5.26 Å². The first-order valence-corrected chi connectivity index (χ1v) is 8.38. The number of nitrogens with one attached hydrogen (secondary N) is 1. The number of hydrogen-bond acceptors (Lipinski definition) is 4. The van der Waals surface area contributed by atoms with E-state index in [0.29, 0.717) is 10.9 Å². The van der Waals surface area contributed by atoms with Gasteiger partial charge in [-0.25, -0.2) is 4.39 Å². The van der Waals surface area contributed by atoms with E-state index < -0.39 is 23.4 Å². The number of ketones is 1. The van der Waals surface area contributed by atoms with Gasteiger partial charge in [0.05, 0.1) is 11.6 Å². The molecule has 6 heteroatoms. The first-order chi connectivity index (χ1) is 12.1. The molecule has 1 aromatic carbocycles. The van der Waals surface area contributed by atoms with Crippen LogP contribution in [0.5, 0.6) is 0 Å². The van der Waals surface area contributed by atoms with E-state index in [0.717, 1.165) is 32.1 Å². The lowest BCUT2D eigenvalue weighted by Crippen LogP contribution is -2.42. The fourth-order valence-electron chi connectivity index (χ4n) is 3.17. The van der Waals surface area contributed by atoms with Crippen LogP contribution in [0.1, 0.15) is 42.5 Å². The van der Waals surface area contributed by atoms with Crippen LogP contribution in [0.4, 0.5) is 4.39 Å². The molecule has 25 heavy (non-hydrogen) atoms. The molecule has 0 spiro atoms. The maximum atomic E-state index is 13.4. The van der Waals surface area contributed by atoms with Gasteiger partial charge in [-0.1, -0.05) is 19.3 Å². The van der Waals surface area contributed by atoms with Crippen LogP contribution in [0, 0.1) is 23.1 Å². The molecule has 0 bridgehead atoms. The van der Waals surface area contributed by atoms with Crippen molar-refractivity contribution in [3.05, 3.63) is 41.8 Å². The second-order valence-electron chi connectivity index (χ2n) is 6.33. The number of nitriles is 1. The highest BCUT2D eigenvalue weighted by Gasteiger charge is 2.29. The molecule has 0 unspecified atom stereocenters. The Morgan fingerprint density at radius 2 is 2.00 bits per heavy atom. The highest BCUT2D eigenvalue weighted by atomic mass is 19.1. The zero-order chi connectivity index (χ0) is 17.8. The van der Waals surface area contributed by atoms with Crippen molar-refractivity contribution >= 4 is 22.6 Å². The molecule has 1 heterocycles. The predicted octanol–water partition coefficient (Wildman–Crippen LogP) is 3.15. The minimum Gasteiger partial charge on any atom is -0.352 e. The Labute approximate surface area is 144 Å². The minimum absolute atomic E-state index is 0.0220. The quantitative estimate of drug-likeness (QED) is 0.685. The third-order valence-electron chi connectivity index (χ3n) is 4.53. The number of benzene rings is 1. The number of carbonyl (C=O) groups is 2. The van der Waals surface area contributed by atoms with E-state index in [9.17, 15) is 19.2 Å². The first-order valence-electron chi connectivity index (χ1n) is 8.38. The van der Waals surface area contributed by atoms with Gasteiger partial charge < -0.3 is 5.32 Å². The molecule has 1 N–H and O–H groups in total. The van der Waals surface area contributed by atoms with Gasteiger partial charge in [0, 0.05) is 23.2 Å². The molecule has 128 valence electrons. The normalized spacial score (nSPS) is 16.2. The standard InChI is InChI=1S/C19H18FN3O2/c20-14-6-7-17-12(9-14)8-13(11-22-17)18(24)16(10-21)19(25)23-15-4-2-1-3-5-15/h6-9,11,15-16H,1-5H2,(H,23,25)/t16-/m0/s1. The van der Waals surface area contributed by atoms with Crippen molar-refractivity contribution in [3.63, 3.8) is 0 Å². The van der Waals surface area contributed by atoms with Crippen molar-refractivity contribution < 1.29 is 14.0 Å². The second-order valence-corrected chi connectivity index (χ2v) is 6.33. The number of carbonyl (C=O) groups excluding carboxylic acids is 2. The van der Waals surface area contributed by atoms with Crippen molar-refractivity contribution in [3.8, 4) is 6.07 Å². The third-order valence-corrected chi connectivity index (χ3v) is 4.53. The summed E-state index contributed by atoms with van der Waals surface area (Å²) in [6.07, 6.45) is 6.28. The summed E-state index contributed by atoms with van der Waals surface area (Å²) in [5.41, 5.74) is 0.668. The summed E-state index contributed by atoms with van der Waals surface area (Å²) in [5.74, 6) is -3.05. The van der Waals surface area contributed by atoms with E-state index in [1.54, 1.807) is 6.07 Å². The lowest BCUT2D eigenvalue weighted by molar-refractivity contribution is -0.123. The molecule has 1 aliphatic carbocycles. The molecule has 0 radical (unpaired) electrons. The highest BCUT2D eigenvalue weighted by molar-refractivity contribution is 6.12. The monoisotopic (exact) mass is 339 g/mol. The average Bonchev–Trinajstić information content (AvgIpc) is 2.62. The van der Waals surface area contributed by atoms with Crippen molar-refractivity contribution in [2.45, 2.75) is 38.1 Å². The lowest BCUT2D eigenvalue weighted by atomic mass is 9.93. The van der Waals surface area contributed by atoms with Crippen LogP contribution in [0.2, 0.25) is 0 Å². The maximum absolute atomic E-state index is 13.4. The summed E-state index contributed by atoms with van der Waals surface area (Å²) >= 11 is 0. The molecular weight excluding hydrogens is 321 g/mol. The number of pyridine rings is 1. The van der Waals surface area contributed by atoms with Gasteiger partial charge in [-0.3, -0.25) is 14.6 Å². The number of nitrogens with zero attached hydrogens (tertiary/aromatic N) is 2. The summed E-state index contributed by atoms with van der Waals surface area (Å²) in [7, 11) is 0. The van der Waals surface area contributed by atoms with E-state index in [2.05, 4.69) is 10.3 Å². The summed E-state index contributed by atoms with van der Waals surface area (Å²) in [5, 5.41) is 12.6. The summed E-state index contributed by atoms with van der Waals surface area (Å²) in [4.78, 5) is 29.0.